The molecule has 1 amide bonds. The van der Waals surface area contributed by atoms with Crippen LogP contribution < -0.4 is 14.9 Å². The quantitative estimate of drug-likeness (QED) is 0.511. The van der Waals surface area contributed by atoms with E-state index < -0.39 is 16.8 Å². The molecule has 0 saturated carbocycles. The first-order valence-corrected chi connectivity index (χ1v) is 12.6. The number of aryl methyl sites for hydroxylation is 2. The second kappa shape index (κ2) is 10.0. The molecule has 0 aliphatic carbocycles. The van der Waals surface area contributed by atoms with Gasteiger partial charge in [-0.1, -0.05) is 18.2 Å². The maximum atomic E-state index is 14.0. The summed E-state index contributed by atoms with van der Waals surface area (Å²) in [5.41, 5.74) is 5.41. The summed E-state index contributed by atoms with van der Waals surface area (Å²) in [5, 5.41) is 4.79. The van der Waals surface area contributed by atoms with Gasteiger partial charge in [-0.2, -0.15) is 0 Å². The Morgan fingerprint density at radius 2 is 1.85 bits per heavy atom. The molecule has 2 heterocycles. The van der Waals surface area contributed by atoms with Crippen LogP contribution in [0.2, 0.25) is 0 Å². The summed E-state index contributed by atoms with van der Waals surface area (Å²) >= 11 is 1.24. The summed E-state index contributed by atoms with van der Waals surface area (Å²) in [6.07, 6.45) is 0. The van der Waals surface area contributed by atoms with Gasteiger partial charge in [0.25, 0.3) is 5.91 Å². The second-order valence-electron chi connectivity index (χ2n) is 7.88. The number of rotatable bonds is 6. The predicted molar refractivity (Wildman–Crippen MR) is 132 cm³/mol. The first-order chi connectivity index (χ1) is 15.9. The minimum Gasteiger partial charge on any atom is -0.378 e. The second-order valence-corrected chi connectivity index (χ2v) is 9.97. The summed E-state index contributed by atoms with van der Waals surface area (Å²) in [7, 11) is -1.83. The molecule has 9 heteroatoms. The average molecular weight is 488 g/mol. The topological polar surface area (TPSA) is 70.7 Å². The number of thiophene rings is 1. The van der Waals surface area contributed by atoms with Gasteiger partial charge in [0, 0.05) is 24.5 Å². The number of anilines is 3. The lowest BCUT2D eigenvalue weighted by atomic mass is 10.0. The van der Waals surface area contributed by atoms with Crippen molar-refractivity contribution in [3.05, 3.63) is 69.2 Å². The van der Waals surface area contributed by atoms with Crippen LogP contribution in [0.3, 0.4) is 0 Å². The zero-order chi connectivity index (χ0) is 23.5. The highest BCUT2D eigenvalue weighted by atomic mass is 32.2. The monoisotopic (exact) mass is 487 g/mol. The zero-order valence-electron chi connectivity index (χ0n) is 18.7. The van der Waals surface area contributed by atoms with Crippen molar-refractivity contribution >= 4 is 45.3 Å². The summed E-state index contributed by atoms with van der Waals surface area (Å²) in [6.45, 7) is 9.03. The number of benzene rings is 2. The number of morpholine rings is 1. The smallest absolute Gasteiger partial charge is 0.267 e. The van der Waals surface area contributed by atoms with Crippen molar-refractivity contribution in [2.24, 2.45) is 0 Å². The largest absolute Gasteiger partial charge is 0.378 e. The fourth-order valence-corrected chi connectivity index (χ4v) is 5.86. The SMILES string of the molecule is Cc1cc(C)c(N2CCOCC2)c(C)c1NC(=O)c1sccc1NS(=O)c1ccccc1F. The summed E-state index contributed by atoms with van der Waals surface area (Å²) < 4.78 is 34.9. The highest BCUT2D eigenvalue weighted by molar-refractivity contribution is 7.86. The van der Waals surface area contributed by atoms with E-state index in [9.17, 15) is 13.4 Å². The normalized spacial score (nSPS) is 14.7. The van der Waals surface area contributed by atoms with E-state index in [1.54, 1.807) is 17.5 Å². The fourth-order valence-electron chi connectivity index (χ4n) is 4.13. The lowest BCUT2D eigenvalue weighted by Crippen LogP contribution is -2.37. The van der Waals surface area contributed by atoms with Gasteiger partial charge in [-0.05, 0) is 61.0 Å². The Morgan fingerprint density at radius 1 is 1.12 bits per heavy atom. The van der Waals surface area contributed by atoms with Crippen LogP contribution >= 0.6 is 11.3 Å². The molecule has 1 aromatic heterocycles. The Kier molecular flexibility index (Phi) is 7.11. The Morgan fingerprint density at radius 3 is 2.58 bits per heavy atom. The Hall–Kier alpha value is -2.75. The number of halogens is 1. The van der Waals surface area contributed by atoms with Crippen LogP contribution in [0.15, 0.2) is 46.7 Å². The van der Waals surface area contributed by atoms with E-state index in [1.165, 1.54) is 29.5 Å². The minimum atomic E-state index is -1.83. The third-order valence-electron chi connectivity index (χ3n) is 5.61. The summed E-state index contributed by atoms with van der Waals surface area (Å²) in [5.74, 6) is -0.868. The molecular weight excluding hydrogens is 461 g/mol. The average Bonchev–Trinajstić information content (AvgIpc) is 3.25. The van der Waals surface area contributed by atoms with E-state index in [2.05, 4.69) is 27.9 Å². The third kappa shape index (κ3) is 4.95. The molecule has 6 nitrogen and oxygen atoms in total. The molecule has 1 unspecified atom stereocenters. The van der Waals surface area contributed by atoms with Crippen LogP contribution in [-0.2, 0) is 15.7 Å². The highest BCUT2D eigenvalue weighted by Gasteiger charge is 2.22. The summed E-state index contributed by atoms with van der Waals surface area (Å²) in [4.78, 5) is 15.9. The molecule has 2 N–H and O–H groups in total. The van der Waals surface area contributed by atoms with Crippen molar-refractivity contribution in [3.63, 3.8) is 0 Å². The van der Waals surface area contributed by atoms with Crippen LogP contribution in [0.4, 0.5) is 21.5 Å². The number of carbonyl (C=O) groups excluding carboxylic acids is 1. The Balaban J connectivity index is 1.58. The lowest BCUT2D eigenvalue weighted by molar-refractivity contribution is 0.103. The van der Waals surface area contributed by atoms with E-state index in [0.29, 0.717) is 23.8 Å². The van der Waals surface area contributed by atoms with Gasteiger partial charge >= 0.3 is 0 Å². The van der Waals surface area contributed by atoms with Crippen molar-refractivity contribution in [2.45, 2.75) is 25.7 Å². The van der Waals surface area contributed by atoms with E-state index in [-0.39, 0.29) is 10.8 Å². The molecule has 0 spiro atoms. The molecule has 1 aliphatic rings. The first kappa shape index (κ1) is 23.4. The number of hydrogen-bond donors (Lipinski definition) is 2. The molecule has 3 aromatic rings. The van der Waals surface area contributed by atoms with Gasteiger partial charge < -0.3 is 15.0 Å². The summed E-state index contributed by atoms with van der Waals surface area (Å²) in [6, 6.07) is 9.62. The van der Waals surface area contributed by atoms with Crippen molar-refractivity contribution in [1.29, 1.82) is 0 Å². The van der Waals surface area contributed by atoms with Gasteiger partial charge in [-0.25, -0.2) is 8.60 Å². The van der Waals surface area contributed by atoms with Crippen molar-refractivity contribution < 1.29 is 18.1 Å². The van der Waals surface area contributed by atoms with Gasteiger partial charge in [0.1, 0.15) is 10.7 Å². The van der Waals surface area contributed by atoms with Crippen molar-refractivity contribution in [1.82, 2.24) is 0 Å². The maximum absolute atomic E-state index is 14.0. The zero-order valence-corrected chi connectivity index (χ0v) is 20.4. The number of nitrogens with zero attached hydrogens (tertiary/aromatic N) is 1. The molecule has 1 aliphatic heterocycles. The molecular formula is C24H26FN3O3S2. The van der Waals surface area contributed by atoms with Gasteiger partial charge in [-0.15, -0.1) is 11.3 Å². The minimum absolute atomic E-state index is 0.0374. The Bertz CT molecular complexity index is 1210. The van der Waals surface area contributed by atoms with Crippen LogP contribution in [0.1, 0.15) is 26.4 Å². The molecule has 1 atom stereocenters. The van der Waals surface area contributed by atoms with Crippen LogP contribution in [-0.4, -0.2) is 36.4 Å². The third-order valence-corrected chi connectivity index (χ3v) is 7.66. The maximum Gasteiger partial charge on any atom is 0.267 e. The van der Waals surface area contributed by atoms with Gasteiger partial charge in [0.15, 0.2) is 11.0 Å². The van der Waals surface area contributed by atoms with E-state index in [0.717, 1.165) is 41.2 Å². The number of nitrogens with one attached hydrogen (secondary N) is 2. The first-order valence-electron chi connectivity index (χ1n) is 10.6. The van der Waals surface area contributed by atoms with Gasteiger partial charge in [0.2, 0.25) is 0 Å². The molecule has 0 radical (unpaired) electrons. The van der Waals surface area contributed by atoms with Gasteiger partial charge in [0.05, 0.1) is 23.8 Å². The van der Waals surface area contributed by atoms with Gasteiger partial charge in [-0.3, -0.25) is 9.52 Å². The number of amides is 1. The number of carbonyl (C=O) groups is 1. The van der Waals surface area contributed by atoms with Crippen LogP contribution in [0, 0.1) is 26.6 Å². The lowest BCUT2D eigenvalue weighted by Gasteiger charge is -2.32. The molecule has 0 bridgehead atoms. The number of hydrogen-bond acceptors (Lipinski definition) is 5. The Labute approximate surface area is 199 Å². The molecule has 1 fully saturated rings. The van der Waals surface area contributed by atoms with Crippen molar-refractivity contribution in [3.8, 4) is 0 Å². The van der Waals surface area contributed by atoms with E-state index in [4.69, 9.17) is 4.74 Å². The van der Waals surface area contributed by atoms with Crippen LogP contribution in [0.25, 0.3) is 0 Å². The standard InChI is InChI=1S/C24H26FN3O3S2/c1-15-14-16(2)22(28-9-11-31-12-10-28)17(3)21(15)26-24(29)23-19(8-13-32-23)27-33(30)20-7-5-4-6-18(20)25/h4-8,13-14,27H,9-12H2,1-3H3,(H,26,29). The molecule has 33 heavy (non-hydrogen) atoms. The van der Waals surface area contributed by atoms with Crippen LogP contribution in [0.5, 0.6) is 0 Å². The van der Waals surface area contributed by atoms with E-state index >= 15 is 0 Å². The molecule has 174 valence electrons. The van der Waals surface area contributed by atoms with Crippen molar-refractivity contribution in [2.75, 3.05) is 41.2 Å². The molecule has 4 rings (SSSR count). The molecule has 1 saturated heterocycles. The highest BCUT2D eigenvalue weighted by Crippen LogP contribution is 2.35. The predicted octanol–water partition coefficient (Wildman–Crippen LogP) is 5.04. The fraction of sp³-hybridized carbons (Fsp3) is 0.292. The number of ether oxygens (including phenoxy) is 1. The molecule has 2 aromatic carbocycles. The van der Waals surface area contributed by atoms with E-state index in [1.807, 2.05) is 13.8 Å².